The average molecular weight is 913 g/mol. The Hall–Kier alpha value is -7.26. The average Bonchev–Trinajstić information content (AvgIpc) is 4.10. The van der Waals surface area contributed by atoms with E-state index in [1.54, 1.807) is 48.2 Å². The highest BCUT2D eigenvalue weighted by molar-refractivity contribution is 6.37. The first-order valence-corrected chi connectivity index (χ1v) is 20.6. The molecule has 0 radical (unpaired) electrons. The number of carboxylic acid groups (broad SMARTS) is 1. The second-order valence-electron chi connectivity index (χ2n) is 15.7. The minimum atomic E-state index is -5.04. The minimum Gasteiger partial charge on any atom is -0.497 e. The van der Waals surface area contributed by atoms with Crippen molar-refractivity contribution in [2.75, 3.05) is 43.0 Å². The summed E-state index contributed by atoms with van der Waals surface area (Å²) < 4.78 is 87.0. The molecule has 4 heterocycles. The molecule has 3 N–H and O–H groups in total. The van der Waals surface area contributed by atoms with Crippen LogP contribution in [0.1, 0.15) is 59.2 Å². The van der Waals surface area contributed by atoms with E-state index in [0.717, 1.165) is 11.1 Å². The van der Waals surface area contributed by atoms with Crippen LogP contribution in [0.4, 0.5) is 39.7 Å². The highest BCUT2D eigenvalue weighted by Gasteiger charge is 2.46. The summed E-state index contributed by atoms with van der Waals surface area (Å²) in [6.45, 7) is 3.01. The van der Waals surface area contributed by atoms with Gasteiger partial charge in [0.15, 0.2) is 11.6 Å². The molecule has 2 aliphatic heterocycles. The summed E-state index contributed by atoms with van der Waals surface area (Å²) in [5.41, 5.74) is -1.91. The van der Waals surface area contributed by atoms with E-state index >= 15 is 17.6 Å². The standard InChI is InChI=1S/C46H41ClF4N8O6/c1-25-18-32(58(19-27-7-11-29(62-3)12-8-27)20-28-9-13-30(63-4)14-10-28)56-39(36(25)46(49,50)51)34-37(47)40-35-41(38(34)48)65-33(64-23-45(22-52)15-16-45)21-59(43(35)55-24-54-40)26(2)31-6-5-17-53-42(31)57-44(60)61/h5-14,17-18,21,26,54H,15-16,19-20,23-24H2,1-4H3,(H,53,57)(H,60,61). The number of nitriles is 1. The van der Waals surface area contributed by atoms with Crippen LogP contribution in [0.5, 0.6) is 17.2 Å². The summed E-state index contributed by atoms with van der Waals surface area (Å²) in [4.78, 5) is 28.5. The number of carbonyl (C=O) groups is 1. The Bertz CT molecular complexity index is 2710. The van der Waals surface area contributed by atoms with Crippen LogP contribution in [-0.2, 0) is 24.0 Å². The van der Waals surface area contributed by atoms with Crippen LogP contribution in [0.25, 0.3) is 11.3 Å². The number of alkyl halides is 3. The number of hydrogen-bond donors (Lipinski definition) is 3. The van der Waals surface area contributed by atoms with Crippen molar-refractivity contribution in [3.8, 4) is 34.6 Å². The third-order valence-electron chi connectivity index (χ3n) is 11.4. The van der Waals surface area contributed by atoms with Gasteiger partial charge in [0.05, 0.1) is 71.0 Å². The number of amides is 1. The number of aromatic nitrogens is 2. The molecule has 1 fully saturated rings. The molecule has 1 amide bonds. The van der Waals surface area contributed by atoms with Crippen LogP contribution < -0.4 is 29.7 Å². The molecule has 1 atom stereocenters. The summed E-state index contributed by atoms with van der Waals surface area (Å²) in [7, 11) is 3.07. The molecule has 1 aliphatic carbocycles. The van der Waals surface area contributed by atoms with Crippen molar-refractivity contribution < 1.29 is 46.4 Å². The number of nitrogens with one attached hydrogen (secondary N) is 2. The van der Waals surface area contributed by atoms with E-state index in [9.17, 15) is 15.2 Å². The molecule has 0 saturated heterocycles. The Labute approximate surface area is 375 Å². The number of aliphatic imine (C=N–C) groups is 1. The number of benzene rings is 3. The lowest BCUT2D eigenvalue weighted by Crippen LogP contribution is -2.33. The highest BCUT2D eigenvalue weighted by Crippen LogP contribution is 2.52. The van der Waals surface area contributed by atoms with Crippen LogP contribution in [-0.4, -0.2) is 59.4 Å². The predicted octanol–water partition coefficient (Wildman–Crippen LogP) is 10.3. The number of amidine groups is 1. The van der Waals surface area contributed by atoms with E-state index in [4.69, 9.17) is 30.5 Å². The smallest absolute Gasteiger partial charge is 0.418 e. The zero-order valence-electron chi connectivity index (χ0n) is 35.4. The maximum Gasteiger partial charge on any atom is 0.418 e. The molecule has 336 valence electrons. The largest absolute Gasteiger partial charge is 0.497 e. The fourth-order valence-corrected chi connectivity index (χ4v) is 8.07. The molecule has 2 aromatic heterocycles. The fraction of sp³-hybridized carbons (Fsp3) is 0.283. The monoisotopic (exact) mass is 912 g/mol. The van der Waals surface area contributed by atoms with Crippen molar-refractivity contribution in [2.45, 2.75) is 52.0 Å². The summed E-state index contributed by atoms with van der Waals surface area (Å²) in [5.74, 6) is -0.817. The van der Waals surface area contributed by atoms with Gasteiger partial charge in [-0.2, -0.15) is 18.4 Å². The summed E-state index contributed by atoms with van der Waals surface area (Å²) >= 11 is 7.13. The number of anilines is 3. The first kappa shape index (κ1) is 44.4. The molecule has 0 spiro atoms. The number of halogens is 5. The molecule has 5 aromatic rings. The normalized spacial score (nSPS) is 15.1. The van der Waals surface area contributed by atoms with Gasteiger partial charge in [-0.25, -0.2) is 24.1 Å². The molecule has 1 unspecified atom stereocenters. The van der Waals surface area contributed by atoms with Gasteiger partial charge in [0, 0.05) is 24.8 Å². The van der Waals surface area contributed by atoms with Crippen LogP contribution >= 0.6 is 11.6 Å². The van der Waals surface area contributed by atoms with Crippen LogP contribution in [0, 0.1) is 29.5 Å². The third-order valence-corrected chi connectivity index (χ3v) is 11.7. The SMILES string of the molecule is COc1ccc(CN(Cc2ccc(OC)cc2)c2cc(C)c(C(F)(F)F)c(-c3c(F)c4c5c(c3Cl)NCN=C5N(C(C)c3cccnc3NC(=O)O)C=C(OCC3(C#N)CC3)O4)n2)cc1. The second kappa shape index (κ2) is 17.7. The molecule has 14 nitrogen and oxygen atoms in total. The Balaban J connectivity index is 1.31. The Morgan fingerprint density at radius 2 is 1.72 bits per heavy atom. The van der Waals surface area contributed by atoms with Crippen molar-refractivity contribution in [2.24, 2.45) is 10.4 Å². The van der Waals surface area contributed by atoms with Gasteiger partial charge in [-0.05, 0) is 79.8 Å². The number of aryl methyl sites for hydroxylation is 1. The maximum atomic E-state index is 17.9. The lowest BCUT2D eigenvalue weighted by Gasteiger charge is -2.32. The van der Waals surface area contributed by atoms with Crippen molar-refractivity contribution in [3.63, 3.8) is 0 Å². The van der Waals surface area contributed by atoms with Crippen LogP contribution in [0.3, 0.4) is 0 Å². The summed E-state index contributed by atoms with van der Waals surface area (Å²) in [5, 5.41) is 24.3. The van der Waals surface area contributed by atoms with E-state index in [2.05, 4.69) is 31.7 Å². The Morgan fingerprint density at radius 3 is 2.29 bits per heavy atom. The van der Waals surface area contributed by atoms with Gasteiger partial charge in [0.25, 0.3) is 0 Å². The lowest BCUT2D eigenvalue weighted by molar-refractivity contribution is -0.137. The molecule has 0 bridgehead atoms. The first-order valence-electron chi connectivity index (χ1n) is 20.2. The van der Waals surface area contributed by atoms with E-state index in [0.29, 0.717) is 29.9 Å². The summed E-state index contributed by atoms with van der Waals surface area (Å²) in [6, 6.07) is 20.3. The number of ether oxygens (including phenoxy) is 4. The zero-order chi connectivity index (χ0) is 46.2. The van der Waals surface area contributed by atoms with Gasteiger partial charge >= 0.3 is 18.2 Å². The van der Waals surface area contributed by atoms with Crippen molar-refractivity contribution >= 4 is 40.9 Å². The number of nitrogens with zero attached hydrogens (tertiary/aromatic N) is 6. The van der Waals surface area contributed by atoms with Crippen LogP contribution in [0.15, 0.2) is 90.1 Å². The first-order chi connectivity index (χ1) is 31.1. The van der Waals surface area contributed by atoms with Crippen LogP contribution in [0.2, 0.25) is 5.02 Å². The molecule has 1 saturated carbocycles. The van der Waals surface area contributed by atoms with E-state index in [1.165, 1.54) is 44.5 Å². The number of rotatable bonds is 14. The van der Waals surface area contributed by atoms with E-state index in [1.807, 2.05) is 24.3 Å². The molecule has 65 heavy (non-hydrogen) atoms. The minimum absolute atomic E-state index is 0.00137. The summed E-state index contributed by atoms with van der Waals surface area (Å²) in [6.07, 6.45) is -2.56. The molecular weight excluding hydrogens is 872 g/mol. The third kappa shape index (κ3) is 8.96. The van der Waals surface area contributed by atoms with Crippen molar-refractivity contribution in [1.82, 2.24) is 14.9 Å². The molecule has 8 rings (SSSR count). The highest BCUT2D eigenvalue weighted by atomic mass is 35.5. The quantitative estimate of drug-likeness (QED) is 0.0904. The maximum absolute atomic E-state index is 17.9. The number of hydrogen-bond acceptors (Lipinski definition) is 12. The predicted molar refractivity (Wildman–Crippen MR) is 233 cm³/mol. The van der Waals surface area contributed by atoms with E-state index < -0.39 is 57.1 Å². The zero-order valence-corrected chi connectivity index (χ0v) is 36.1. The Kier molecular flexibility index (Phi) is 12.1. The fourth-order valence-electron chi connectivity index (χ4n) is 7.73. The molecular formula is C46H41ClF4N8O6. The van der Waals surface area contributed by atoms with E-state index in [-0.39, 0.29) is 66.6 Å². The topological polar surface area (TPSA) is 167 Å². The van der Waals surface area contributed by atoms with Crippen molar-refractivity contribution in [3.05, 3.63) is 129 Å². The van der Waals surface area contributed by atoms with Gasteiger partial charge < -0.3 is 39.2 Å². The van der Waals surface area contributed by atoms with Crippen molar-refractivity contribution in [1.29, 1.82) is 5.26 Å². The van der Waals surface area contributed by atoms with Gasteiger partial charge in [0.1, 0.15) is 42.2 Å². The number of methoxy groups -OCH3 is 2. The van der Waals surface area contributed by atoms with Gasteiger partial charge in [-0.15, -0.1) is 0 Å². The second-order valence-corrected chi connectivity index (χ2v) is 16.0. The van der Waals surface area contributed by atoms with Gasteiger partial charge in [-0.1, -0.05) is 41.9 Å². The number of pyridine rings is 2. The molecule has 19 heteroatoms. The molecule has 3 aliphatic rings. The lowest BCUT2D eigenvalue weighted by atomic mass is 9.95. The Morgan fingerprint density at radius 1 is 1.08 bits per heavy atom. The van der Waals surface area contributed by atoms with Gasteiger partial charge in [0.2, 0.25) is 0 Å². The molecule has 3 aromatic carbocycles. The van der Waals surface area contributed by atoms with Gasteiger partial charge in [-0.3, -0.25) is 5.32 Å².